The van der Waals surface area contributed by atoms with Gasteiger partial charge in [-0.3, -0.25) is 0 Å². The molecule has 0 aliphatic heterocycles. The summed E-state index contributed by atoms with van der Waals surface area (Å²) in [6, 6.07) is 17.2. The molecule has 1 unspecified atom stereocenters. The molecule has 2 aromatic carbocycles. The number of rotatable bonds is 17. The summed E-state index contributed by atoms with van der Waals surface area (Å²) >= 11 is 8.13. The molecule has 0 aromatic heterocycles. The summed E-state index contributed by atoms with van der Waals surface area (Å²) in [5.74, 6) is 3.15. The van der Waals surface area contributed by atoms with Crippen LogP contribution in [0.3, 0.4) is 0 Å². The van der Waals surface area contributed by atoms with Gasteiger partial charge in [-0.1, -0.05) is 0 Å². The van der Waals surface area contributed by atoms with Gasteiger partial charge in [0, 0.05) is 0 Å². The number of benzene rings is 2. The first-order chi connectivity index (χ1) is 16.0. The molecule has 0 heterocycles. The Morgan fingerprint density at radius 2 is 1.27 bits per heavy atom. The Bertz CT molecular complexity index is 772. The number of thioether (sulfide) groups is 1. The zero-order valence-corrected chi connectivity index (χ0v) is 25.0. The molecule has 0 amide bonds. The van der Waals surface area contributed by atoms with Crippen molar-refractivity contribution in [2.24, 2.45) is 0 Å². The maximum atomic E-state index is 5.32. The summed E-state index contributed by atoms with van der Waals surface area (Å²) in [6.07, 6.45) is 11.5. The molecule has 2 aromatic rings. The molecule has 0 saturated heterocycles. The minimum absolute atomic E-state index is 0.637. The molecular weight excluding hydrogens is 530 g/mol. The minimum atomic E-state index is -1.25. The van der Waals surface area contributed by atoms with Crippen LogP contribution in [0.15, 0.2) is 48.5 Å². The molecule has 2 rings (SSSR count). The average Bonchev–Trinajstić information content (AvgIpc) is 2.84. The van der Waals surface area contributed by atoms with Gasteiger partial charge in [-0.15, -0.1) is 0 Å². The summed E-state index contributed by atoms with van der Waals surface area (Å²) in [6.45, 7) is 4.70. The zero-order chi connectivity index (χ0) is 23.9. The number of ether oxygens (including phenoxy) is 2. The van der Waals surface area contributed by atoms with Crippen molar-refractivity contribution in [3.8, 4) is 11.5 Å². The average molecular weight is 572 g/mol. The van der Waals surface area contributed by atoms with E-state index in [4.69, 9.17) is 9.47 Å². The van der Waals surface area contributed by atoms with Crippen LogP contribution in [0.25, 0.3) is 0 Å². The van der Waals surface area contributed by atoms with E-state index in [1.54, 1.807) is 14.2 Å². The fraction of sp³-hybridized carbons (Fsp3) is 0.556. The van der Waals surface area contributed by atoms with Crippen molar-refractivity contribution in [1.29, 1.82) is 0 Å². The summed E-state index contributed by atoms with van der Waals surface area (Å²) in [5.41, 5.74) is 2.80. The van der Waals surface area contributed by atoms with Gasteiger partial charge in [-0.25, -0.2) is 0 Å². The van der Waals surface area contributed by atoms with E-state index in [0.717, 1.165) is 24.3 Å². The molecule has 0 saturated carbocycles. The van der Waals surface area contributed by atoms with Crippen molar-refractivity contribution in [3.63, 3.8) is 0 Å². The molecule has 0 N–H and O–H groups in total. The molecular formula is C27H41O2PS2Se. The number of hydrogen-bond acceptors (Lipinski definition) is 4. The van der Waals surface area contributed by atoms with E-state index in [-0.39, 0.29) is 0 Å². The van der Waals surface area contributed by atoms with Crippen LogP contribution in [0.4, 0.5) is 0 Å². The van der Waals surface area contributed by atoms with Gasteiger partial charge in [0.2, 0.25) is 0 Å². The Labute approximate surface area is 218 Å². The molecule has 6 heteroatoms. The van der Waals surface area contributed by atoms with Crippen LogP contribution in [0.2, 0.25) is 0 Å². The molecule has 2 nitrogen and oxygen atoms in total. The number of hydrogen-bond donors (Lipinski definition) is 0. The van der Waals surface area contributed by atoms with Crippen LogP contribution in [0.1, 0.15) is 57.1 Å². The van der Waals surface area contributed by atoms with E-state index in [2.05, 4.69) is 101 Å². The van der Waals surface area contributed by atoms with Crippen LogP contribution in [-0.2, 0) is 12.8 Å². The monoisotopic (exact) mass is 572 g/mol. The van der Waals surface area contributed by atoms with Gasteiger partial charge in [0.15, 0.2) is 0 Å². The first-order valence-corrected chi connectivity index (χ1v) is 19.0. The van der Waals surface area contributed by atoms with Gasteiger partial charge in [-0.2, -0.15) is 0 Å². The van der Waals surface area contributed by atoms with Crippen molar-refractivity contribution in [2.45, 2.75) is 63.4 Å². The van der Waals surface area contributed by atoms with E-state index in [1.807, 2.05) is 0 Å². The van der Waals surface area contributed by atoms with Crippen LogP contribution in [0.5, 0.6) is 11.5 Å². The van der Waals surface area contributed by atoms with Gasteiger partial charge in [-0.05, 0) is 0 Å². The maximum absolute atomic E-state index is 5.32. The summed E-state index contributed by atoms with van der Waals surface area (Å²) in [4.78, 5) is 0. The zero-order valence-electron chi connectivity index (χ0n) is 20.8. The second-order valence-corrected chi connectivity index (χ2v) is 22.3. The number of methoxy groups -OCH3 is 2. The van der Waals surface area contributed by atoms with Gasteiger partial charge >= 0.3 is 219 Å². The van der Waals surface area contributed by atoms with Crippen LogP contribution in [-0.4, -0.2) is 52.0 Å². The van der Waals surface area contributed by atoms with Crippen molar-refractivity contribution < 1.29 is 9.47 Å². The summed E-state index contributed by atoms with van der Waals surface area (Å²) in [7, 11) is 3.45. The Kier molecular flexibility index (Phi) is 14.4. The summed E-state index contributed by atoms with van der Waals surface area (Å²) in [5, 5.41) is 0. The second kappa shape index (κ2) is 16.4. The van der Waals surface area contributed by atoms with E-state index in [1.165, 1.54) is 61.3 Å². The third kappa shape index (κ3) is 11.8. The second-order valence-electron chi connectivity index (χ2n) is 8.42. The van der Waals surface area contributed by atoms with E-state index < -0.39 is 4.71 Å². The molecule has 0 fully saturated rings. The number of unbranched alkanes of at least 4 members (excludes halogenated alkanes) is 4. The first kappa shape index (κ1) is 28.9. The van der Waals surface area contributed by atoms with Crippen LogP contribution in [0, 0.1) is 0 Å². The Hall–Kier alpha value is -0.311. The third-order valence-corrected chi connectivity index (χ3v) is 17.5. The fourth-order valence-electron chi connectivity index (χ4n) is 3.66. The van der Waals surface area contributed by atoms with Crippen LogP contribution >= 0.6 is 27.9 Å². The molecule has 1 atom stereocenters. The van der Waals surface area contributed by atoms with Gasteiger partial charge in [0.05, 0.1) is 0 Å². The van der Waals surface area contributed by atoms with E-state index >= 15 is 0 Å². The van der Waals surface area contributed by atoms with Crippen molar-refractivity contribution in [2.75, 3.05) is 32.3 Å². The first-order valence-electron chi connectivity index (χ1n) is 12.1. The fourth-order valence-corrected chi connectivity index (χ4v) is 16.6. The Morgan fingerprint density at radius 3 is 1.73 bits per heavy atom. The SMILES string of the molecule is CCCCCCCSC(C)SP(=[Se])(CCc1ccc(OC)cc1)CCc1ccc(OC)cc1. The molecule has 0 aliphatic rings. The van der Waals surface area contributed by atoms with Crippen molar-refractivity contribution in [1.82, 2.24) is 0 Å². The molecule has 184 valence electrons. The van der Waals surface area contributed by atoms with Gasteiger partial charge < -0.3 is 0 Å². The predicted octanol–water partition coefficient (Wildman–Crippen LogP) is 8.29. The van der Waals surface area contributed by atoms with Gasteiger partial charge in [0.1, 0.15) is 0 Å². The van der Waals surface area contributed by atoms with Crippen molar-refractivity contribution >= 4 is 43.0 Å². The number of aryl methyl sites for hydroxylation is 2. The molecule has 33 heavy (non-hydrogen) atoms. The summed E-state index contributed by atoms with van der Waals surface area (Å²) < 4.78 is 10.0. The standard InChI is InChI=1S/C27H41O2PS2Se/c1-5-6-7-8-9-22-31-23(2)32-30(33,20-18-24-10-14-26(28-3)15-11-24)21-19-25-12-16-27(29-4)17-13-25/h10-17,23H,5-9,18-22H2,1-4H3. The predicted molar refractivity (Wildman–Crippen MR) is 154 cm³/mol. The topological polar surface area (TPSA) is 18.5 Å². The van der Waals surface area contributed by atoms with Crippen molar-refractivity contribution in [3.05, 3.63) is 59.7 Å². The molecule has 0 aliphatic carbocycles. The van der Waals surface area contributed by atoms with Crippen LogP contribution < -0.4 is 9.47 Å². The van der Waals surface area contributed by atoms with Gasteiger partial charge in [0.25, 0.3) is 0 Å². The third-order valence-electron chi connectivity index (χ3n) is 5.74. The Balaban J connectivity index is 1.94. The molecule has 0 spiro atoms. The molecule has 0 bridgehead atoms. The van der Waals surface area contributed by atoms with E-state index in [0.29, 0.717) is 4.58 Å². The Morgan fingerprint density at radius 1 is 0.788 bits per heavy atom. The van der Waals surface area contributed by atoms with E-state index in [9.17, 15) is 0 Å². The quantitative estimate of drug-likeness (QED) is 0.0823. The normalized spacial score (nSPS) is 12.5. The molecule has 0 radical (unpaired) electrons.